The summed E-state index contributed by atoms with van der Waals surface area (Å²) in [5.74, 6) is 0.265. The first-order valence-corrected chi connectivity index (χ1v) is 6.40. The summed E-state index contributed by atoms with van der Waals surface area (Å²) in [4.78, 5) is 2.98. The molecule has 0 saturated heterocycles. The number of benzene rings is 1. The third-order valence-corrected chi connectivity index (χ3v) is 3.24. The Morgan fingerprint density at radius 3 is 2.58 bits per heavy atom. The van der Waals surface area contributed by atoms with Crippen LogP contribution in [0.5, 0.6) is 5.75 Å². The highest BCUT2D eigenvalue weighted by molar-refractivity contribution is 7.71. The molecule has 19 heavy (non-hydrogen) atoms. The summed E-state index contributed by atoms with van der Waals surface area (Å²) in [5, 5.41) is 0. The fourth-order valence-electron chi connectivity index (χ4n) is 1.95. The average Bonchev–Trinajstić information content (AvgIpc) is 2.71. The van der Waals surface area contributed by atoms with Crippen molar-refractivity contribution in [3.05, 3.63) is 40.7 Å². The van der Waals surface area contributed by atoms with E-state index in [4.69, 9.17) is 17.0 Å². The second-order valence-corrected chi connectivity index (χ2v) is 5.77. The number of H-pyrrole nitrogens is 1. The van der Waals surface area contributed by atoms with E-state index in [9.17, 15) is 4.39 Å². The quantitative estimate of drug-likeness (QED) is 0.843. The lowest BCUT2D eigenvalue weighted by Gasteiger charge is -2.21. The van der Waals surface area contributed by atoms with Crippen LogP contribution in [0.1, 0.15) is 26.5 Å². The third-order valence-electron chi connectivity index (χ3n) is 2.94. The van der Waals surface area contributed by atoms with Crippen molar-refractivity contribution in [3.8, 4) is 11.4 Å². The SMILES string of the molecule is COc1ccc(F)c(-n2c(C(C)(C)C)c[nH]c2=S)c1. The van der Waals surface area contributed by atoms with Crippen LogP contribution >= 0.6 is 12.2 Å². The molecule has 1 heterocycles. The smallest absolute Gasteiger partial charge is 0.182 e. The zero-order valence-electron chi connectivity index (χ0n) is 11.5. The molecule has 2 aromatic rings. The van der Waals surface area contributed by atoms with E-state index in [1.807, 2.05) is 6.20 Å². The number of methoxy groups -OCH3 is 1. The molecule has 0 amide bonds. The minimum atomic E-state index is -0.331. The highest BCUT2D eigenvalue weighted by Gasteiger charge is 2.21. The minimum Gasteiger partial charge on any atom is -0.497 e. The van der Waals surface area contributed by atoms with E-state index in [1.54, 1.807) is 23.8 Å². The first-order chi connectivity index (χ1) is 8.84. The second kappa shape index (κ2) is 4.81. The molecule has 0 aliphatic heterocycles. The van der Waals surface area contributed by atoms with Gasteiger partial charge in [0.1, 0.15) is 11.6 Å². The van der Waals surface area contributed by atoms with E-state index in [2.05, 4.69) is 25.8 Å². The molecule has 3 nitrogen and oxygen atoms in total. The number of nitrogens with one attached hydrogen (secondary N) is 1. The van der Waals surface area contributed by atoms with Crippen molar-refractivity contribution >= 4 is 12.2 Å². The lowest BCUT2D eigenvalue weighted by atomic mass is 9.92. The van der Waals surface area contributed by atoms with Gasteiger partial charge >= 0.3 is 0 Å². The molecule has 0 unspecified atom stereocenters. The Hall–Kier alpha value is -1.62. The van der Waals surface area contributed by atoms with Crippen LogP contribution in [0.3, 0.4) is 0 Å². The van der Waals surface area contributed by atoms with Crippen LogP contribution in [-0.2, 0) is 5.41 Å². The Labute approximate surface area is 117 Å². The molecule has 0 aliphatic rings. The number of aromatic nitrogens is 2. The molecule has 0 saturated carbocycles. The Kier molecular flexibility index (Phi) is 3.49. The second-order valence-electron chi connectivity index (χ2n) is 5.38. The number of hydrogen-bond donors (Lipinski definition) is 1. The largest absolute Gasteiger partial charge is 0.497 e. The Bertz CT molecular complexity index is 652. The van der Waals surface area contributed by atoms with Gasteiger partial charge < -0.3 is 9.72 Å². The number of hydrogen-bond acceptors (Lipinski definition) is 2. The van der Waals surface area contributed by atoms with Gasteiger partial charge in [-0.15, -0.1) is 0 Å². The molecule has 0 atom stereocenters. The number of ether oxygens (including phenoxy) is 1. The number of imidazole rings is 1. The lowest BCUT2D eigenvalue weighted by Crippen LogP contribution is -2.17. The Morgan fingerprint density at radius 2 is 2.00 bits per heavy atom. The van der Waals surface area contributed by atoms with Gasteiger partial charge in [-0.1, -0.05) is 20.8 Å². The van der Waals surface area contributed by atoms with Crippen LogP contribution in [0.15, 0.2) is 24.4 Å². The van der Waals surface area contributed by atoms with E-state index >= 15 is 0 Å². The molecule has 102 valence electrons. The van der Waals surface area contributed by atoms with E-state index < -0.39 is 0 Å². The zero-order valence-corrected chi connectivity index (χ0v) is 12.3. The van der Waals surface area contributed by atoms with Gasteiger partial charge in [0.15, 0.2) is 4.77 Å². The van der Waals surface area contributed by atoms with E-state index in [0.29, 0.717) is 16.2 Å². The van der Waals surface area contributed by atoms with Gasteiger partial charge in [0.2, 0.25) is 0 Å². The third kappa shape index (κ3) is 2.56. The maximum absolute atomic E-state index is 14.1. The van der Waals surface area contributed by atoms with Crippen molar-refractivity contribution in [1.82, 2.24) is 9.55 Å². The predicted molar refractivity (Wildman–Crippen MR) is 76.2 cm³/mol. The summed E-state index contributed by atoms with van der Waals surface area (Å²) in [5.41, 5.74) is 1.17. The minimum absolute atomic E-state index is 0.150. The van der Waals surface area contributed by atoms with Crippen molar-refractivity contribution in [2.75, 3.05) is 7.11 Å². The maximum Gasteiger partial charge on any atom is 0.182 e. The number of nitrogens with zero attached hydrogens (tertiary/aromatic N) is 1. The van der Waals surface area contributed by atoms with E-state index in [-0.39, 0.29) is 11.2 Å². The van der Waals surface area contributed by atoms with Crippen LogP contribution in [0.4, 0.5) is 4.39 Å². The predicted octanol–water partition coefficient (Wildman–Crippen LogP) is 3.98. The molecule has 2 rings (SSSR count). The molecule has 0 fully saturated rings. The van der Waals surface area contributed by atoms with Crippen LogP contribution < -0.4 is 4.74 Å². The van der Waals surface area contributed by atoms with Gasteiger partial charge in [0, 0.05) is 23.4 Å². The highest BCUT2D eigenvalue weighted by Crippen LogP contribution is 2.28. The highest BCUT2D eigenvalue weighted by atomic mass is 32.1. The topological polar surface area (TPSA) is 29.9 Å². The summed E-state index contributed by atoms with van der Waals surface area (Å²) >= 11 is 5.26. The fraction of sp³-hybridized carbons (Fsp3) is 0.357. The van der Waals surface area contributed by atoms with Gasteiger partial charge in [-0.3, -0.25) is 4.57 Å². The van der Waals surface area contributed by atoms with Crippen molar-refractivity contribution in [1.29, 1.82) is 0 Å². The number of halogens is 1. The van der Waals surface area contributed by atoms with Crippen LogP contribution in [0.2, 0.25) is 0 Å². The standard InChI is InChI=1S/C14H17FN2OS/c1-14(2,3)12-8-16-13(19)17(12)11-7-9(18-4)5-6-10(11)15/h5-8H,1-4H3,(H,16,19). The monoisotopic (exact) mass is 280 g/mol. The lowest BCUT2D eigenvalue weighted by molar-refractivity contribution is 0.413. The van der Waals surface area contributed by atoms with Crippen LogP contribution in [-0.4, -0.2) is 16.7 Å². The molecule has 1 aromatic heterocycles. The average molecular weight is 280 g/mol. The van der Waals surface area contributed by atoms with Gasteiger partial charge in [0.25, 0.3) is 0 Å². The van der Waals surface area contributed by atoms with Crippen LogP contribution in [0.25, 0.3) is 5.69 Å². The Balaban J connectivity index is 2.72. The van der Waals surface area contributed by atoms with Crippen molar-refractivity contribution in [2.45, 2.75) is 26.2 Å². The summed E-state index contributed by atoms with van der Waals surface area (Å²) in [7, 11) is 1.55. The van der Waals surface area contributed by atoms with Crippen molar-refractivity contribution in [2.24, 2.45) is 0 Å². The summed E-state index contributed by atoms with van der Waals surface area (Å²) in [6.45, 7) is 6.17. The fourth-order valence-corrected chi connectivity index (χ4v) is 2.21. The van der Waals surface area contributed by atoms with Gasteiger partial charge in [-0.25, -0.2) is 4.39 Å². The van der Waals surface area contributed by atoms with Gasteiger partial charge in [0.05, 0.1) is 12.8 Å². The summed E-state index contributed by atoms with van der Waals surface area (Å²) < 4.78 is 21.4. The van der Waals surface area contributed by atoms with E-state index in [1.165, 1.54) is 6.07 Å². The summed E-state index contributed by atoms with van der Waals surface area (Å²) in [6.07, 6.45) is 1.82. The van der Waals surface area contributed by atoms with Gasteiger partial charge in [-0.05, 0) is 24.4 Å². The summed E-state index contributed by atoms with van der Waals surface area (Å²) in [6, 6.07) is 4.62. The molecule has 0 radical (unpaired) electrons. The van der Waals surface area contributed by atoms with Crippen LogP contribution in [0, 0.1) is 10.6 Å². The Morgan fingerprint density at radius 1 is 1.32 bits per heavy atom. The zero-order chi connectivity index (χ0) is 14.2. The molecule has 0 bridgehead atoms. The molecule has 0 spiro atoms. The molecular formula is C14H17FN2OS. The number of rotatable bonds is 2. The van der Waals surface area contributed by atoms with Gasteiger partial charge in [-0.2, -0.15) is 0 Å². The first kappa shape index (κ1) is 13.8. The van der Waals surface area contributed by atoms with E-state index in [0.717, 1.165) is 5.69 Å². The molecule has 0 aliphatic carbocycles. The molecule has 5 heteroatoms. The first-order valence-electron chi connectivity index (χ1n) is 5.99. The normalized spacial score (nSPS) is 11.6. The number of aromatic amines is 1. The maximum atomic E-state index is 14.1. The molecular weight excluding hydrogens is 263 g/mol. The van der Waals surface area contributed by atoms with Crippen molar-refractivity contribution in [3.63, 3.8) is 0 Å². The molecule has 1 N–H and O–H groups in total. The van der Waals surface area contributed by atoms with Crippen molar-refractivity contribution < 1.29 is 9.13 Å². The molecule has 1 aromatic carbocycles.